The summed E-state index contributed by atoms with van der Waals surface area (Å²) in [6, 6.07) is 20.6. The van der Waals surface area contributed by atoms with Crippen LogP contribution in [-0.2, 0) is 35.5 Å². The van der Waals surface area contributed by atoms with E-state index < -0.39 is 60.3 Å². The number of nitrogens with one attached hydrogen (secondary N) is 4. The molecule has 2 aromatic carbocycles. The van der Waals surface area contributed by atoms with Gasteiger partial charge in [0.1, 0.15) is 24.3 Å². The van der Waals surface area contributed by atoms with E-state index in [-0.39, 0.29) is 37.8 Å². The van der Waals surface area contributed by atoms with Gasteiger partial charge in [0.05, 0.1) is 12.1 Å². The second kappa shape index (κ2) is 22.2. The SMILES string of the molecule is CC(C)[C@H](NC(=O)N(C)Cc1cccnc1)C(=O)N[C@@H](Cc1ccccc1)[C@@H](O)[C@H](O)[C@H](Cc1ccccc1)NC(=O)[C@H](NC(=O)N(C)Cc1cccnc1)C(C)C. The number of carbonyl (C=O) groups excluding carboxylic acids is 4. The highest BCUT2D eigenvalue weighted by Crippen LogP contribution is 2.17. The molecule has 6 atom stereocenters. The molecule has 4 aromatic rings. The maximum Gasteiger partial charge on any atom is 0.318 e. The Morgan fingerprint density at radius 2 is 0.879 bits per heavy atom. The van der Waals surface area contributed by atoms with Gasteiger partial charge in [0.2, 0.25) is 11.8 Å². The van der Waals surface area contributed by atoms with Crippen LogP contribution in [0.4, 0.5) is 9.59 Å². The summed E-state index contributed by atoms with van der Waals surface area (Å²) in [6.45, 7) is 7.74. The van der Waals surface area contributed by atoms with Crippen LogP contribution < -0.4 is 21.3 Å². The van der Waals surface area contributed by atoms with Crippen LogP contribution in [-0.4, -0.2) is 104 Å². The van der Waals surface area contributed by atoms with Crippen LogP contribution in [0.5, 0.6) is 0 Å². The molecule has 0 aliphatic rings. The number of urea groups is 2. The Morgan fingerprint density at radius 1 is 0.534 bits per heavy atom. The molecule has 6 amide bonds. The van der Waals surface area contributed by atoms with Gasteiger partial charge in [-0.25, -0.2) is 9.59 Å². The van der Waals surface area contributed by atoms with E-state index in [1.807, 2.05) is 72.8 Å². The van der Waals surface area contributed by atoms with Crippen molar-refractivity contribution in [2.24, 2.45) is 11.8 Å². The van der Waals surface area contributed by atoms with Crippen LogP contribution in [0.25, 0.3) is 0 Å². The maximum absolute atomic E-state index is 14.0. The second-order valence-electron chi connectivity index (χ2n) is 15.4. The summed E-state index contributed by atoms with van der Waals surface area (Å²) >= 11 is 0. The molecule has 0 bridgehead atoms. The number of aromatic nitrogens is 2. The number of aliphatic hydroxyl groups excluding tert-OH is 2. The van der Waals surface area contributed by atoms with E-state index >= 15 is 0 Å². The number of benzene rings is 2. The number of hydrogen-bond donors (Lipinski definition) is 6. The molecule has 14 heteroatoms. The maximum atomic E-state index is 14.0. The van der Waals surface area contributed by atoms with Gasteiger partial charge in [0.25, 0.3) is 0 Å². The number of pyridine rings is 2. The van der Waals surface area contributed by atoms with E-state index in [1.165, 1.54) is 9.80 Å². The highest BCUT2D eigenvalue weighted by molar-refractivity contribution is 5.88. The molecule has 310 valence electrons. The molecule has 0 saturated carbocycles. The molecule has 14 nitrogen and oxygen atoms in total. The quantitative estimate of drug-likeness (QED) is 0.0829. The van der Waals surface area contributed by atoms with E-state index in [4.69, 9.17) is 0 Å². The molecule has 2 heterocycles. The first-order chi connectivity index (χ1) is 27.7. The van der Waals surface area contributed by atoms with Crippen molar-refractivity contribution in [3.05, 3.63) is 132 Å². The lowest BCUT2D eigenvalue weighted by Crippen LogP contribution is -2.62. The largest absolute Gasteiger partial charge is 0.388 e. The third kappa shape index (κ3) is 13.7. The van der Waals surface area contributed by atoms with Crippen LogP contribution in [0.3, 0.4) is 0 Å². The van der Waals surface area contributed by atoms with Gasteiger partial charge < -0.3 is 41.3 Å². The summed E-state index contributed by atoms with van der Waals surface area (Å²) in [5, 5.41) is 35.5. The van der Waals surface area contributed by atoms with Crippen molar-refractivity contribution in [2.45, 2.75) is 90.0 Å². The normalized spacial score (nSPS) is 14.3. The molecule has 0 saturated heterocycles. The molecule has 2 aromatic heterocycles. The molecule has 0 radical (unpaired) electrons. The summed E-state index contributed by atoms with van der Waals surface area (Å²) in [5.41, 5.74) is 3.19. The van der Waals surface area contributed by atoms with E-state index in [9.17, 15) is 29.4 Å². The first-order valence-electron chi connectivity index (χ1n) is 19.6. The van der Waals surface area contributed by atoms with Crippen molar-refractivity contribution in [3.8, 4) is 0 Å². The van der Waals surface area contributed by atoms with Crippen molar-refractivity contribution in [1.29, 1.82) is 0 Å². The number of amides is 6. The minimum absolute atomic E-state index is 0.129. The highest BCUT2D eigenvalue weighted by Gasteiger charge is 2.38. The minimum atomic E-state index is -1.59. The van der Waals surface area contributed by atoms with Crippen molar-refractivity contribution >= 4 is 23.9 Å². The fourth-order valence-corrected chi connectivity index (χ4v) is 6.50. The van der Waals surface area contributed by atoms with Crippen LogP contribution in [0.15, 0.2) is 110 Å². The number of carbonyl (C=O) groups is 4. The number of nitrogens with zero attached hydrogens (tertiary/aromatic N) is 4. The third-order valence-corrected chi connectivity index (χ3v) is 9.86. The van der Waals surface area contributed by atoms with Crippen molar-refractivity contribution in [3.63, 3.8) is 0 Å². The lowest BCUT2D eigenvalue weighted by molar-refractivity contribution is -0.129. The van der Waals surface area contributed by atoms with Gasteiger partial charge in [-0.3, -0.25) is 19.6 Å². The summed E-state index contributed by atoms with van der Waals surface area (Å²) in [7, 11) is 3.24. The van der Waals surface area contributed by atoms with Gasteiger partial charge in [0, 0.05) is 52.0 Å². The molecule has 6 N–H and O–H groups in total. The number of hydrogen-bond acceptors (Lipinski definition) is 8. The molecule has 0 spiro atoms. The Kier molecular flexibility index (Phi) is 17.1. The molecular formula is C44H58N8O6. The van der Waals surface area contributed by atoms with Gasteiger partial charge in [-0.1, -0.05) is 100 Å². The number of aliphatic hydroxyl groups is 2. The molecule has 0 unspecified atom stereocenters. The predicted octanol–water partition coefficient (Wildman–Crippen LogP) is 3.69. The fraction of sp³-hybridized carbons (Fsp3) is 0.409. The van der Waals surface area contributed by atoms with Crippen LogP contribution in [0, 0.1) is 11.8 Å². The van der Waals surface area contributed by atoms with Crippen molar-refractivity contribution in [1.82, 2.24) is 41.0 Å². The molecule has 0 aliphatic heterocycles. The molecule has 4 rings (SSSR count). The lowest BCUT2D eigenvalue weighted by atomic mass is 9.90. The third-order valence-electron chi connectivity index (χ3n) is 9.86. The summed E-state index contributed by atoms with van der Waals surface area (Å²) < 4.78 is 0. The Bertz CT molecular complexity index is 1730. The predicted molar refractivity (Wildman–Crippen MR) is 222 cm³/mol. The zero-order chi connectivity index (χ0) is 42.2. The Balaban J connectivity index is 1.56. The molecule has 0 fully saturated rings. The highest BCUT2D eigenvalue weighted by atomic mass is 16.3. The average molecular weight is 795 g/mol. The summed E-state index contributed by atoms with van der Waals surface area (Å²) in [4.78, 5) is 65.8. The van der Waals surface area contributed by atoms with Crippen LogP contribution >= 0.6 is 0 Å². The zero-order valence-corrected chi connectivity index (χ0v) is 34.2. The lowest BCUT2D eigenvalue weighted by Gasteiger charge is -2.35. The smallest absolute Gasteiger partial charge is 0.318 e. The van der Waals surface area contributed by atoms with Crippen LogP contribution in [0.2, 0.25) is 0 Å². The van der Waals surface area contributed by atoms with Gasteiger partial charge in [-0.2, -0.15) is 0 Å². The van der Waals surface area contributed by atoms with E-state index in [2.05, 4.69) is 31.2 Å². The topological polar surface area (TPSA) is 189 Å². The molecule has 0 aliphatic carbocycles. The monoisotopic (exact) mass is 794 g/mol. The van der Waals surface area contributed by atoms with E-state index in [1.54, 1.807) is 78.7 Å². The van der Waals surface area contributed by atoms with Gasteiger partial charge in [-0.05, 0) is 59.1 Å². The Hall–Kier alpha value is -5.86. The Morgan fingerprint density at radius 3 is 1.19 bits per heavy atom. The first-order valence-corrected chi connectivity index (χ1v) is 19.6. The van der Waals surface area contributed by atoms with Crippen LogP contribution in [0.1, 0.15) is 49.9 Å². The molecule has 58 heavy (non-hydrogen) atoms. The number of rotatable bonds is 19. The molecular weight excluding hydrogens is 737 g/mol. The van der Waals surface area contributed by atoms with E-state index in [0.717, 1.165) is 22.3 Å². The summed E-state index contributed by atoms with van der Waals surface area (Å²) in [6.07, 6.45) is 3.69. The van der Waals surface area contributed by atoms with E-state index in [0.29, 0.717) is 0 Å². The zero-order valence-electron chi connectivity index (χ0n) is 34.2. The van der Waals surface area contributed by atoms with Gasteiger partial charge in [-0.15, -0.1) is 0 Å². The van der Waals surface area contributed by atoms with Crippen molar-refractivity contribution in [2.75, 3.05) is 14.1 Å². The average Bonchev–Trinajstić information content (AvgIpc) is 3.21. The summed E-state index contributed by atoms with van der Waals surface area (Å²) in [5.74, 6) is -1.78. The van der Waals surface area contributed by atoms with Gasteiger partial charge >= 0.3 is 12.1 Å². The Labute approximate surface area is 341 Å². The fourth-order valence-electron chi connectivity index (χ4n) is 6.50. The van der Waals surface area contributed by atoms with Gasteiger partial charge in [0.15, 0.2) is 0 Å². The van der Waals surface area contributed by atoms with Crippen molar-refractivity contribution < 1.29 is 29.4 Å². The first kappa shape index (κ1) is 44.8. The standard InChI is InChI=1S/C44H58N8O6/c1-29(2)37(49-43(57)51(5)27-33-19-13-21-45-25-33)41(55)47-35(23-31-15-9-7-10-16-31)39(53)40(54)36(24-32-17-11-8-12-18-32)48-42(56)38(30(3)4)50-44(58)52(6)28-34-20-14-22-46-26-34/h7-22,25-26,29-30,35-40,53-54H,23-24,27-28H2,1-6H3,(H,47,55)(H,48,56)(H,49,57)(H,50,58)/t35-,36-,37-,38+,39+,40+/m0/s1. The minimum Gasteiger partial charge on any atom is -0.388 e. The second-order valence-corrected chi connectivity index (χ2v) is 15.4.